The van der Waals surface area contributed by atoms with Gasteiger partial charge in [-0.2, -0.15) is 0 Å². The Morgan fingerprint density at radius 2 is 1.81 bits per heavy atom. The Hall–Kier alpha value is -2.75. The molecule has 0 bridgehead atoms. The zero-order valence-electron chi connectivity index (χ0n) is 11.8. The molecule has 0 aliphatic heterocycles. The van der Waals surface area contributed by atoms with Crippen molar-refractivity contribution in [3.05, 3.63) is 65.2 Å². The number of allylic oxidation sites excluding steroid dienone is 1. The van der Waals surface area contributed by atoms with Crippen LogP contribution in [0.3, 0.4) is 0 Å². The second-order valence-corrected chi connectivity index (χ2v) is 4.64. The number of aromatic hydroxyl groups is 1. The first-order chi connectivity index (χ1) is 10.0. The Morgan fingerprint density at radius 3 is 2.38 bits per heavy atom. The number of aliphatic hydroxyl groups is 1. The molecule has 2 N–H and O–H groups in total. The highest BCUT2D eigenvalue weighted by atomic mass is 16.5. The SMILES string of the molecule is COc1ccc(C(O)=CC(=O)c2ccc(C)cc2O)cc1. The molecule has 0 aliphatic carbocycles. The van der Waals surface area contributed by atoms with Crippen molar-refractivity contribution in [1.29, 1.82) is 0 Å². The van der Waals surface area contributed by atoms with Crippen LogP contribution >= 0.6 is 0 Å². The van der Waals surface area contributed by atoms with Crippen LogP contribution < -0.4 is 4.74 Å². The first-order valence-corrected chi connectivity index (χ1v) is 6.40. The van der Waals surface area contributed by atoms with Gasteiger partial charge in [0.2, 0.25) is 0 Å². The van der Waals surface area contributed by atoms with Crippen molar-refractivity contribution in [2.75, 3.05) is 7.11 Å². The van der Waals surface area contributed by atoms with E-state index in [2.05, 4.69) is 0 Å². The monoisotopic (exact) mass is 284 g/mol. The number of aryl methyl sites for hydroxylation is 1. The van der Waals surface area contributed by atoms with Crippen LogP contribution in [0.15, 0.2) is 48.5 Å². The zero-order chi connectivity index (χ0) is 15.4. The topological polar surface area (TPSA) is 66.8 Å². The van der Waals surface area contributed by atoms with Gasteiger partial charge in [-0.25, -0.2) is 0 Å². The third-order valence-electron chi connectivity index (χ3n) is 3.07. The number of hydrogen-bond acceptors (Lipinski definition) is 4. The molecule has 0 radical (unpaired) electrons. The van der Waals surface area contributed by atoms with Crippen LogP contribution in [0.1, 0.15) is 21.5 Å². The fourth-order valence-corrected chi connectivity index (χ4v) is 1.90. The van der Waals surface area contributed by atoms with Crippen molar-refractivity contribution >= 4 is 11.5 Å². The van der Waals surface area contributed by atoms with Crippen LogP contribution in [0.4, 0.5) is 0 Å². The second kappa shape index (κ2) is 6.13. The molecule has 2 aromatic carbocycles. The van der Waals surface area contributed by atoms with Crippen LogP contribution in [-0.4, -0.2) is 23.1 Å². The number of benzene rings is 2. The highest BCUT2D eigenvalue weighted by Gasteiger charge is 2.11. The van der Waals surface area contributed by atoms with Gasteiger partial charge in [0, 0.05) is 11.6 Å². The first-order valence-electron chi connectivity index (χ1n) is 6.40. The smallest absolute Gasteiger partial charge is 0.193 e. The molecule has 0 spiro atoms. The van der Waals surface area contributed by atoms with E-state index in [9.17, 15) is 15.0 Å². The Bertz CT molecular complexity index is 684. The highest BCUT2D eigenvalue weighted by Crippen LogP contribution is 2.22. The minimum absolute atomic E-state index is 0.0984. The highest BCUT2D eigenvalue weighted by molar-refractivity contribution is 6.09. The standard InChI is InChI=1S/C17H16O4/c1-11-3-8-14(16(19)9-11)17(20)10-15(18)12-4-6-13(21-2)7-5-12/h3-10,18-19H,1-2H3. The number of rotatable bonds is 4. The molecular formula is C17H16O4. The predicted molar refractivity (Wildman–Crippen MR) is 80.8 cm³/mol. The summed E-state index contributed by atoms with van der Waals surface area (Å²) in [7, 11) is 1.55. The van der Waals surface area contributed by atoms with Gasteiger partial charge >= 0.3 is 0 Å². The van der Waals surface area contributed by atoms with Gasteiger partial charge in [0.1, 0.15) is 17.3 Å². The maximum absolute atomic E-state index is 12.1. The van der Waals surface area contributed by atoms with Gasteiger partial charge in [-0.1, -0.05) is 6.07 Å². The minimum Gasteiger partial charge on any atom is -0.507 e. The zero-order valence-corrected chi connectivity index (χ0v) is 11.8. The number of hydrogen-bond donors (Lipinski definition) is 2. The molecule has 0 saturated carbocycles. The summed E-state index contributed by atoms with van der Waals surface area (Å²) < 4.78 is 5.03. The molecular weight excluding hydrogens is 268 g/mol. The van der Waals surface area contributed by atoms with E-state index in [0.29, 0.717) is 11.3 Å². The summed E-state index contributed by atoms with van der Waals surface area (Å²) in [5.74, 6) is -0.0590. The molecule has 0 aromatic heterocycles. The fourth-order valence-electron chi connectivity index (χ4n) is 1.90. The van der Waals surface area contributed by atoms with Crippen molar-refractivity contribution in [1.82, 2.24) is 0 Å². The molecule has 2 rings (SSSR count). The van der Waals surface area contributed by atoms with E-state index in [1.54, 1.807) is 37.4 Å². The second-order valence-electron chi connectivity index (χ2n) is 4.64. The molecule has 2 aromatic rings. The summed E-state index contributed by atoms with van der Waals surface area (Å²) in [4.78, 5) is 12.1. The van der Waals surface area contributed by atoms with Crippen LogP contribution in [0.25, 0.3) is 5.76 Å². The van der Waals surface area contributed by atoms with Crippen LogP contribution in [-0.2, 0) is 0 Å². The van der Waals surface area contributed by atoms with Gasteiger partial charge < -0.3 is 14.9 Å². The number of carbonyl (C=O) groups excluding carboxylic acids is 1. The quantitative estimate of drug-likeness (QED) is 0.512. The molecule has 4 heteroatoms. The van der Waals surface area contributed by atoms with Crippen molar-refractivity contribution in [3.63, 3.8) is 0 Å². The van der Waals surface area contributed by atoms with Crippen molar-refractivity contribution in [3.8, 4) is 11.5 Å². The molecule has 0 unspecified atom stereocenters. The summed E-state index contributed by atoms with van der Waals surface area (Å²) in [5.41, 5.74) is 1.50. The molecule has 0 heterocycles. The van der Waals surface area contributed by atoms with E-state index >= 15 is 0 Å². The van der Waals surface area contributed by atoms with Crippen molar-refractivity contribution < 1.29 is 19.7 Å². The number of methoxy groups -OCH3 is 1. The van der Waals surface area contributed by atoms with Crippen molar-refractivity contribution in [2.45, 2.75) is 6.92 Å². The summed E-state index contributed by atoms with van der Waals surface area (Å²) >= 11 is 0. The summed E-state index contributed by atoms with van der Waals surface area (Å²) in [5, 5.41) is 19.7. The maximum Gasteiger partial charge on any atom is 0.193 e. The number of carbonyl (C=O) groups is 1. The lowest BCUT2D eigenvalue weighted by atomic mass is 10.1. The lowest BCUT2D eigenvalue weighted by molar-refractivity contribution is 0.104. The van der Waals surface area contributed by atoms with Crippen LogP contribution in [0.5, 0.6) is 11.5 Å². The lowest BCUT2D eigenvalue weighted by Gasteiger charge is -2.04. The third kappa shape index (κ3) is 3.42. The minimum atomic E-state index is -0.458. The Labute approximate surface area is 122 Å². The number of aliphatic hydroxyl groups excluding tert-OH is 1. The number of phenolic OH excluding ortho intramolecular Hbond substituents is 1. The van der Waals surface area contributed by atoms with Gasteiger partial charge in [-0.3, -0.25) is 4.79 Å². The molecule has 0 aliphatic rings. The maximum atomic E-state index is 12.1. The van der Waals surface area contributed by atoms with Gasteiger partial charge in [0.15, 0.2) is 5.78 Å². The molecule has 21 heavy (non-hydrogen) atoms. The van der Waals surface area contributed by atoms with Crippen molar-refractivity contribution in [2.24, 2.45) is 0 Å². The Balaban J connectivity index is 2.26. The fraction of sp³-hybridized carbons (Fsp3) is 0.118. The molecule has 108 valence electrons. The largest absolute Gasteiger partial charge is 0.507 e. The number of ketones is 1. The predicted octanol–water partition coefficient (Wildman–Crippen LogP) is 3.49. The molecule has 4 nitrogen and oxygen atoms in total. The average Bonchev–Trinajstić information content (AvgIpc) is 2.47. The van der Waals surface area contributed by atoms with Gasteiger partial charge in [-0.15, -0.1) is 0 Å². The molecule has 0 atom stereocenters. The van der Waals surface area contributed by atoms with E-state index in [4.69, 9.17) is 4.74 Å². The average molecular weight is 284 g/mol. The van der Waals surface area contributed by atoms with Gasteiger partial charge in [0.05, 0.1) is 12.7 Å². The number of ether oxygens (including phenoxy) is 1. The van der Waals surface area contributed by atoms with E-state index in [1.807, 2.05) is 6.92 Å². The first kappa shape index (κ1) is 14.7. The van der Waals surface area contributed by atoms with E-state index in [-0.39, 0.29) is 17.1 Å². The Morgan fingerprint density at radius 1 is 1.14 bits per heavy atom. The summed E-state index contributed by atoms with van der Waals surface area (Å²) in [6.45, 7) is 1.82. The van der Waals surface area contributed by atoms with Crippen LogP contribution in [0, 0.1) is 6.92 Å². The molecule has 0 saturated heterocycles. The Kier molecular flexibility index (Phi) is 4.28. The van der Waals surface area contributed by atoms with E-state index in [1.165, 1.54) is 12.1 Å². The number of phenols is 1. The normalized spacial score (nSPS) is 11.2. The van der Waals surface area contributed by atoms with Gasteiger partial charge in [-0.05, 0) is 48.9 Å². The molecule has 0 amide bonds. The van der Waals surface area contributed by atoms with E-state index in [0.717, 1.165) is 11.6 Å². The summed E-state index contributed by atoms with van der Waals surface area (Å²) in [6.07, 6.45) is 1.09. The van der Waals surface area contributed by atoms with Gasteiger partial charge in [0.25, 0.3) is 0 Å². The lowest BCUT2D eigenvalue weighted by Crippen LogP contribution is -1.97. The van der Waals surface area contributed by atoms with E-state index < -0.39 is 5.78 Å². The third-order valence-corrected chi connectivity index (χ3v) is 3.07. The van der Waals surface area contributed by atoms with Crippen LogP contribution in [0.2, 0.25) is 0 Å². The summed E-state index contributed by atoms with van der Waals surface area (Å²) in [6, 6.07) is 11.4. The molecule has 0 fully saturated rings.